The molecule has 0 spiro atoms. The van der Waals surface area contributed by atoms with E-state index in [2.05, 4.69) is 14.9 Å². The molecule has 0 bridgehead atoms. The van der Waals surface area contributed by atoms with Crippen molar-refractivity contribution in [3.05, 3.63) is 70.8 Å². The Labute approximate surface area is 196 Å². The van der Waals surface area contributed by atoms with Crippen LogP contribution in [0.15, 0.2) is 59.7 Å². The maximum absolute atomic E-state index is 13.5. The molecule has 3 heterocycles. The molecular weight excluding hydrogens is 437 g/mol. The lowest BCUT2D eigenvalue weighted by Gasteiger charge is -2.26. The van der Waals surface area contributed by atoms with E-state index in [4.69, 9.17) is 9.47 Å². The first-order chi connectivity index (χ1) is 16.5. The van der Waals surface area contributed by atoms with Crippen molar-refractivity contribution in [1.82, 2.24) is 19.3 Å². The summed E-state index contributed by atoms with van der Waals surface area (Å²) in [5.74, 6) is 1.14. The molecule has 0 saturated carbocycles. The number of nitrogens with zero attached hydrogens (tertiary/aromatic N) is 5. The van der Waals surface area contributed by atoms with Gasteiger partial charge in [0.05, 0.1) is 30.7 Å². The topological polar surface area (TPSA) is 74.4 Å². The number of ether oxygens (including phenoxy) is 2. The van der Waals surface area contributed by atoms with Crippen LogP contribution in [-0.4, -0.2) is 52.0 Å². The average Bonchev–Trinajstić information content (AvgIpc) is 3.10. The molecule has 4 aromatic rings. The van der Waals surface area contributed by atoms with Gasteiger partial charge in [0.15, 0.2) is 0 Å². The highest BCUT2D eigenvalue weighted by Gasteiger charge is 2.16. The van der Waals surface area contributed by atoms with Crippen molar-refractivity contribution in [3.8, 4) is 16.9 Å². The van der Waals surface area contributed by atoms with Gasteiger partial charge in [-0.25, -0.2) is 14.4 Å². The number of morpholine rings is 1. The van der Waals surface area contributed by atoms with Crippen LogP contribution in [0.1, 0.15) is 12.5 Å². The summed E-state index contributed by atoms with van der Waals surface area (Å²) >= 11 is 0. The molecule has 0 radical (unpaired) electrons. The van der Waals surface area contributed by atoms with Crippen LogP contribution in [0.25, 0.3) is 22.0 Å². The van der Waals surface area contributed by atoms with Crippen LogP contribution in [0.2, 0.25) is 0 Å². The van der Waals surface area contributed by atoms with Crippen molar-refractivity contribution in [3.63, 3.8) is 0 Å². The van der Waals surface area contributed by atoms with Gasteiger partial charge in [-0.15, -0.1) is 0 Å². The molecule has 1 aliphatic heterocycles. The quantitative estimate of drug-likeness (QED) is 0.437. The number of hydrogen-bond donors (Lipinski definition) is 0. The van der Waals surface area contributed by atoms with Gasteiger partial charge in [-0.2, -0.15) is 0 Å². The minimum absolute atomic E-state index is 0.0993. The lowest BCUT2D eigenvalue weighted by Crippen LogP contribution is -2.37. The fourth-order valence-corrected chi connectivity index (χ4v) is 4.23. The number of aromatic nitrogens is 4. The number of hydrogen-bond acceptors (Lipinski definition) is 6. The number of para-hydroxylation sites is 1. The molecule has 0 amide bonds. The fraction of sp³-hybridized carbons (Fsp3) is 0.320. The number of alkyl halides is 1. The smallest absolute Gasteiger partial charge is 0.274 e. The third-order valence-electron chi connectivity index (χ3n) is 6.01. The summed E-state index contributed by atoms with van der Waals surface area (Å²) < 4.78 is 27.7. The van der Waals surface area contributed by atoms with Gasteiger partial charge in [0, 0.05) is 50.6 Å². The van der Waals surface area contributed by atoms with E-state index in [1.54, 1.807) is 36.3 Å². The molecule has 2 aromatic heterocycles. The monoisotopic (exact) mass is 463 g/mol. The molecule has 5 rings (SSSR count). The highest BCUT2D eigenvalue weighted by atomic mass is 19.1. The minimum atomic E-state index is -1.43. The molecule has 0 N–H and O–H groups in total. The maximum Gasteiger partial charge on any atom is 0.274 e. The zero-order valence-corrected chi connectivity index (χ0v) is 19.1. The second-order valence-corrected chi connectivity index (χ2v) is 8.26. The predicted molar refractivity (Wildman–Crippen MR) is 128 cm³/mol. The largest absolute Gasteiger partial charge is 0.460 e. The zero-order valence-electron chi connectivity index (χ0n) is 19.1. The van der Waals surface area contributed by atoms with Gasteiger partial charge in [0.2, 0.25) is 12.3 Å². The number of rotatable bonds is 6. The molecule has 34 heavy (non-hydrogen) atoms. The molecule has 1 unspecified atom stereocenters. The van der Waals surface area contributed by atoms with E-state index < -0.39 is 6.36 Å². The lowest BCUT2D eigenvalue weighted by molar-refractivity contribution is 0.0847. The minimum Gasteiger partial charge on any atom is -0.460 e. The maximum atomic E-state index is 13.5. The molecule has 1 fully saturated rings. The van der Waals surface area contributed by atoms with Crippen LogP contribution in [0.4, 0.5) is 10.3 Å². The van der Waals surface area contributed by atoms with E-state index in [1.165, 1.54) is 6.92 Å². The highest BCUT2D eigenvalue weighted by Crippen LogP contribution is 2.26. The zero-order chi connectivity index (χ0) is 23.7. The van der Waals surface area contributed by atoms with Crippen LogP contribution in [0, 0.1) is 0 Å². The summed E-state index contributed by atoms with van der Waals surface area (Å²) in [5.41, 5.74) is 3.21. The first kappa shape index (κ1) is 22.1. The highest BCUT2D eigenvalue weighted by molar-refractivity contribution is 5.84. The molecule has 8 nitrogen and oxygen atoms in total. The van der Waals surface area contributed by atoms with Crippen LogP contribution < -0.4 is 15.2 Å². The van der Waals surface area contributed by atoms with Gasteiger partial charge < -0.3 is 14.4 Å². The Kier molecular flexibility index (Phi) is 6.02. The summed E-state index contributed by atoms with van der Waals surface area (Å²) in [6, 6.07) is 13.0. The summed E-state index contributed by atoms with van der Waals surface area (Å²) in [5, 5.41) is 0.606. The number of benzene rings is 2. The van der Waals surface area contributed by atoms with E-state index in [9.17, 15) is 9.18 Å². The third kappa shape index (κ3) is 4.26. The Bertz CT molecular complexity index is 1360. The van der Waals surface area contributed by atoms with Crippen molar-refractivity contribution in [2.75, 3.05) is 31.2 Å². The van der Waals surface area contributed by atoms with Crippen molar-refractivity contribution in [2.24, 2.45) is 7.05 Å². The standard InChI is InChI=1S/C25H26FN5O3/c1-17(26)34-23-6-4-3-5-19(23)16-31-22-13-18(7-8-21(22)24(32)29(31)2)20-14-27-25(28-15-20)30-9-11-33-12-10-30/h3-8,13-15,17H,9-12,16H2,1-2H3. The number of fused-ring (bicyclic) bond motifs is 1. The number of halogens is 1. The van der Waals surface area contributed by atoms with Crippen LogP contribution >= 0.6 is 0 Å². The van der Waals surface area contributed by atoms with Gasteiger partial charge in [-0.1, -0.05) is 24.3 Å². The van der Waals surface area contributed by atoms with Crippen LogP contribution in [0.5, 0.6) is 5.75 Å². The second kappa shape index (κ2) is 9.26. The SMILES string of the molecule is CC(F)Oc1ccccc1Cn1c2cc(-c3cnc(N4CCOCC4)nc3)ccc2c(=O)n1C. The third-order valence-corrected chi connectivity index (χ3v) is 6.01. The van der Waals surface area contributed by atoms with Crippen LogP contribution in [-0.2, 0) is 18.3 Å². The van der Waals surface area contributed by atoms with E-state index in [1.807, 2.05) is 35.0 Å². The summed E-state index contributed by atoms with van der Waals surface area (Å²) in [6.07, 6.45) is 2.17. The molecule has 2 aromatic carbocycles. The Balaban J connectivity index is 1.50. The molecule has 0 aliphatic carbocycles. The van der Waals surface area contributed by atoms with Gasteiger partial charge >= 0.3 is 0 Å². The van der Waals surface area contributed by atoms with Gasteiger partial charge in [0.25, 0.3) is 5.56 Å². The van der Waals surface area contributed by atoms with E-state index >= 15 is 0 Å². The first-order valence-electron chi connectivity index (χ1n) is 11.2. The lowest BCUT2D eigenvalue weighted by atomic mass is 10.1. The van der Waals surface area contributed by atoms with E-state index in [0.29, 0.717) is 36.8 Å². The van der Waals surface area contributed by atoms with Crippen molar-refractivity contribution in [1.29, 1.82) is 0 Å². The van der Waals surface area contributed by atoms with Gasteiger partial charge in [-0.3, -0.25) is 14.2 Å². The Morgan fingerprint density at radius 1 is 1.09 bits per heavy atom. The molecule has 1 aliphatic rings. The van der Waals surface area contributed by atoms with E-state index in [-0.39, 0.29) is 5.56 Å². The summed E-state index contributed by atoms with van der Waals surface area (Å²) in [6.45, 7) is 4.59. The van der Waals surface area contributed by atoms with E-state index in [0.717, 1.165) is 35.3 Å². The van der Waals surface area contributed by atoms with Gasteiger partial charge in [-0.05, 0) is 23.8 Å². The molecule has 176 valence electrons. The Hall–Kier alpha value is -3.72. The Morgan fingerprint density at radius 3 is 2.56 bits per heavy atom. The van der Waals surface area contributed by atoms with Crippen molar-refractivity contribution < 1.29 is 13.9 Å². The molecule has 1 atom stereocenters. The normalized spacial score (nSPS) is 15.0. The fourth-order valence-electron chi connectivity index (χ4n) is 4.23. The van der Waals surface area contributed by atoms with Crippen molar-refractivity contribution in [2.45, 2.75) is 19.8 Å². The molecule has 1 saturated heterocycles. The summed E-state index contributed by atoms with van der Waals surface area (Å²) in [7, 11) is 1.73. The predicted octanol–water partition coefficient (Wildman–Crippen LogP) is 3.38. The number of anilines is 1. The van der Waals surface area contributed by atoms with Crippen LogP contribution in [0.3, 0.4) is 0 Å². The summed E-state index contributed by atoms with van der Waals surface area (Å²) in [4.78, 5) is 24.1. The van der Waals surface area contributed by atoms with Gasteiger partial charge in [0.1, 0.15) is 5.75 Å². The molecular formula is C25H26FN5O3. The first-order valence-corrected chi connectivity index (χ1v) is 11.2. The van der Waals surface area contributed by atoms with Crippen molar-refractivity contribution >= 4 is 16.9 Å². The molecule has 9 heteroatoms. The Morgan fingerprint density at radius 2 is 1.82 bits per heavy atom. The average molecular weight is 464 g/mol. The second-order valence-electron chi connectivity index (χ2n) is 8.26.